The second kappa shape index (κ2) is 3.30. The Kier molecular flexibility index (Phi) is 1.99. The van der Waals surface area contributed by atoms with E-state index in [1.165, 1.54) is 12.1 Å². The fourth-order valence-electron chi connectivity index (χ4n) is 1.19. The minimum absolute atomic E-state index is 0.0530. The second-order valence-electron chi connectivity index (χ2n) is 2.79. The van der Waals surface area contributed by atoms with Gasteiger partial charge in [0.2, 0.25) is 0 Å². The van der Waals surface area contributed by atoms with Crippen molar-refractivity contribution in [3.05, 3.63) is 42.0 Å². The van der Waals surface area contributed by atoms with Crippen molar-refractivity contribution in [2.24, 2.45) is 0 Å². The molecule has 0 amide bonds. The van der Waals surface area contributed by atoms with Crippen LogP contribution in [0.15, 0.2) is 30.6 Å². The summed E-state index contributed by atoms with van der Waals surface area (Å²) in [6.07, 6.45) is 3.27. The van der Waals surface area contributed by atoms with E-state index < -0.39 is 5.82 Å². The molecule has 0 saturated heterocycles. The second-order valence-corrected chi connectivity index (χ2v) is 2.79. The molecule has 4 heteroatoms. The summed E-state index contributed by atoms with van der Waals surface area (Å²) >= 11 is 0. The van der Waals surface area contributed by atoms with Crippen LogP contribution in [0.5, 0.6) is 0 Å². The molecule has 68 valence electrons. The zero-order valence-corrected chi connectivity index (χ0v) is 7.16. The van der Waals surface area contributed by atoms with Crippen molar-refractivity contribution < 1.29 is 4.39 Å². The van der Waals surface area contributed by atoms with Crippen LogP contribution in [0.2, 0.25) is 0 Å². The molecule has 1 N–H and O–H groups in total. The van der Waals surface area contributed by atoms with Gasteiger partial charge in [-0.15, -0.1) is 0 Å². The Hall–Kier alpha value is -2.15. The summed E-state index contributed by atoms with van der Waals surface area (Å²) < 4.78 is 13.2. The summed E-state index contributed by atoms with van der Waals surface area (Å²) in [4.78, 5) is 0. The maximum Gasteiger partial charge on any atom is 0.141 e. The van der Waals surface area contributed by atoms with E-state index in [4.69, 9.17) is 5.26 Å². The molecule has 0 radical (unpaired) electrons. The maximum atomic E-state index is 13.2. The number of aromatic amines is 1. The number of aromatic nitrogens is 2. The van der Waals surface area contributed by atoms with Gasteiger partial charge in [-0.25, -0.2) is 4.39 Å². The van der Waals surface area contributed by atoms with E-state index in [1.54, 1.807) is 24.5 Å². The van der Waals surface area contributed by atoms with Crippen molar-refractivity contribution in [1.29, 1.82) is 5.26 Å². The quantitative estimate of drug-likeness (QED) is 0.743. The van der Waals surface area contributed by atoms with Crippen molar-refractivity contribution >= 4 is 0 Å². The van der Waals surface area contributed by atoms with Crippen molar-refractivity contribution in [3.8, 4) is 17.2 Å². The minimum Gasteiger partial charge on any atom is -0.285 e. The molecule has 14 heavy (non-hydrogen) atoms. The van der Waals surface area contributed by atoms with Crippen LogP contribution >= 0.6 is 0 Å². The van der Waals surface area contributed by atoms with Crippen LogP contribution in [0.4, 0.5) is 4.39 Å². The average Bonchev–Trinajstić information content (AvgIpc) is 2.70. The highest BCUT2D eigenvalue weighted by molar-refractivity contribution is 5.62. The smallest absolute Gasteiger partial charge is 0.141 e. The molecular formula is C10H6FN3. The molecule has 1 aromatic heterocycles. The number of hydrogen-bond donors (Lipinski definition) is 1. The van der Waals surface area contributed by atoms with Gasteiger partial charge in [0, 0.05) is 11.8 Å². The molecule has 2 aromatic rings. The largest absolute Gasteiger partial charge is 0.285 e. The summed E-state index contributed by atoms with van der Waals surface area (Å²) in [5, 5.41) is 14.9. The van der Waals surface area contributed by atoms with E-state index in [0.717, 1.165) is 5.56 Å². The Morgan fingerprint density at radius 3 is 2.79 bits per heavy atom. The Morgan fingerprint density at radius 2 is 2.21 bits per heavy atom. The minimum atomic E-state index is -0.508. The maximum absolute atomic E-state index is 13.2. The van der Waals surface area contributed by atoms with Crippen molar-refractivity contribution in [1.82, 2.24) is 10.2 Å². The third-order valence-corrected chi connectivity index (χ3v) is 1.92. The monoisotopic (exact) mass is 187 g/mol. The first-order chi connectivity index (χ1) is 6.81. The SMILES string of the molecule is N#Cc1ccc(-c2cn[nH]c2)cc1F. The molecule has 0 aliphatic carbocycles. The average molecular weight is 187 g/mol. The molecule has 0 bridgehead atoms. The lowest BCUT2D eigenvalue weighted by Crippen LogP contribution is -1.84. The number of hydrogen-bond acceptors (Lipinski definition) is 2. The highest BCUT2D eigenvalue weighted by Gasteiger charge is 2.04. The zero-order valence-electron chi connectivity index (χ0n) is 7.16. The summed E-state index contributed by atoms with van der Waals surface area (Å²) in [5.41, 5.74) is 1.56. The molecule has 0 saturated carbocycles. The summed E-state index contributed by atoms with van der Waals surface area (Å²) in [6, 6.07) is 6.24. The summed E-state index contributed by atoms with van der Waals surface area (Å²) in [7, 11) is 0. The first-order valence-electron chi connectivity index (χ1n) is 4.00. The van der Waals surface area contributed by atoms with Gasteiger partial charge in [0.15, 0.2) is 0 Å². The third kappa shape index (κ3) is 1.36. The van der Waals surface area contributed by atoms with Crippen LogP contribution in [0.3, 0.4) is 0 Å². The van der Waals surface area contributed by atoms with Crippen LogP contribution in [-0.4, -0.2) is 10.2 Å². The topological polar surface area (TPSA) is 52.5 Å². The van der Waals surface area contributed by atoms with E-state index in [9.17, 15) is 4.39 Å². The molecule has 1 aromatic carbocycles. The number of nitriles is 1. The standard InChI is InChI=1S/C10H6FN3/c11-10-3-7(1-2-8(10)4-12)9-5-13-14-6-9/h1-3,5-6H,(H,13,14). The normalized spacial score (nSPS) is 9.71. The van der Waals surface area contributed by atoms with Gasteiger partial charge in [0.25, 0.3) is 0 Å². The van der Waals surface area contributed by atoms with Crippen LogP contribution in [0.25, 0.3) is 11.1 Å². The molecule has 1 heterocycles. The van der Waals surface area contributed by atoms with Gasteiger partial charge in [0.05, 0.1) is 11.8 Å². The first kappa shape index (κ1) is 8.45. The fraction of sp³-hybridized carbons (Fsp3) is 0. The zero-order chi connectivity index (χ0) is 9.97. The van der Waals surface area contributed by atoms with Crippen LogP contribution < -0.4 is 0 Å². The molecular weight excluding hydrogens is 181 g/mol. The van der Waals surface area contributed by atoms with Gasteiger partial charge in [-0.2, -0.15) is 10.4 Å². The van der Waals surface area contributed by atoms with E-state index >= 15 is 0 Å². The number of nitrogens with one attached hydrogen (secondary N) is 1. The van der Waals surface area contributed by atoms with E-state index in [2.05, 4.69) is 10.2 Å². The van der Waals surface area contributed by atoms with Crippen LogP contribution in [-0.2, 0) is 0 Å². The predicted octanol–water partition coefficient (Wildman–Crippen LogP) is 2.09. The highest BCUT2D eigenvalue weighted by atomic mass is 19.1. The van der Waals surface area contributed by atoms with E-state index in [0.29, 0.717) is 5.56 Å². The number of rotatable bonds is 1. The molecule has 0 atom stereocenters. The number of nitrogens with zero attached hydrogens (tertiary/aromatic N) is 2. The number of halogens is 1. The van der Waals surface area contributed by atoms with Gasteiger partial charge in [-0.3, -0.25) is 5.10 Å². The van der Waals surface area contributed by atoms with Gasteiger partial charge < -0.3 is 0 Å². The predicted molar refractivity (Wildman–Crippen MR) is 48.7 cm³/mol. The number of H-pyrrole nitrogens is 1. The Labute approximate surface area is 79.8 Å². The van der Waals surface area contributed by atoms with Gasteiger partial charge >= 0.3 is 0 Å². The van der Waals surface area contributed by atoms with Crippen molar-refractivity contribution in [3.63, 3.8) is 0 Å². The van der Waals surface area contributed by atoms with Gasteiger partial charge in [-0.1, -0.05) is 6.07 Å². The molecule has 0 aliphatic heterocycles. The Morgan fingerprint density at radius 1 is 1.36 bits per heavy atom. The van der Waals surface area contributed by atoms with Crippen LogP contribution in [0, 0.1) is 17.1 Å². The lowest BCUT2D eigenvalue weighted by atomic mass is 10.1. The third-order valence-electron chi connectivity index (χ3n) is 1.92. The molecule has 0 unspecified atom stereocenters. The van der Waals surface area contributed by atoms with E-state index in [-0.39, 0.29) is 5.56 Å². The van der Waals surface area contributed by atoms with Crippen molar-refractivity contribution in [2.45, 2.75) is 0 Å². The fourth-order valence-corrected chi connectivity index (χ4v) is 1.19. The highest BCUT2D eigenvalue weighted by Crippen LogP contribution is 2.20. The molecule has 2 rings (SSSR count). The summed E-state index contributed by atoms with van der Waals surface area (Å²) in [6.45, 7) is 0. The summed E-state index contributed by atoms with van der Waals surface area (Å²) in [5.74, 6) is -0.508. The Balaban J connectivity index is 2.49. The van der Waals surface area contributed by atoms with Crippen molar-refractivity contribution in [2.75, 3.05) is 0 Å². The van der Waals surface area contributed by atoms with Gasteiger partial charge in [-0.05, 0) is 17.7 Å². The number of benzene rings is 1. The molecule has 0 aliphatic rings. The molecule has 0 spiro atoms. The van der Waals surface area contributed by atoms with Gasteiger partial charge in [0.1, 0.15) is 11.9 Å². The van der Waals surface area contributed by atoms with Crippen LogP contribution in [0.1, 0.15) is 5.56 Å². The molecule has 3 nitrogen and oxygen atoms in total. The first-order valence-corrected chi connectivity index (χ1v) is 4.00. The lowest BCUT2D eigenvalue weighted by Gasteiger charge is -1.97. The Bertz CT molecular complexity index is 483. The lowest BCUT2D eigenvalue weighted by molar-refractivity contribution is 0.624. The van der Waals surface area contributed by atoms with E-state index in [1.807, 2.05) is 0 Å². The molecule has 0 fully saturated rings.